The predicted molar refractivity (Wildman–Crippen MR) is 72.1 cm³/mol. The molecular formula is C12H20N2O5S. The summed E-state index contributed by atoms with van der Waals surface area (Å²) in [5.41, 5.74) is 0. The van der Waals surface area contributed by atoms with Gasteiger partial charge in [-0.15, -0.1) is 0 Å². The summed E-state index contributed by atoms with van der Waals surface area (Å²) < 4.78 is 23.1. The van der Waals surface area contributed by atoms with Gasteiger partial charge in [-0.05, 0) is 26.2 Å². The fourth-order valence-electron chi connectivity index (χ4n) is 2.95. The molecule has 8 heteroatoms. The van der Waals surface area contributed by atoms with Crippen LogP contribution < -0.4 is 5.32 Å². The first kappa shape index (κ1) is 15.1. The second kappa shape index (κ2) is 5.59. The maximum atomic E-state index is 12.1. The van der Waals surface area contributed by atoms with Crippen LogP contribution in [0.5, 0.6) is 0 Å². The number of amides is 2. The minimum Gasteiger partial charge on any atom is -0.481 e. The predicted octanol–water partition coefficient (Wildman–Crippen LogP) is 0.0682. The Morgan fingerprint density at radius 2 is 2.00 bits per heavy atom. The molecule has 7 nitrogen and oxygen atoms in total. The third-order valence-electron chi connectivity index (χ3n) is 4.12. The van der Waals surface area contributed by atoms with Crippen LogP contribution in [0, 0.1) is 5.92 Å². The highest BCUT2D eigenvalue weighted by Crippen LogP contribution is 2.24. The van der Waals surface area contributed by atoms with Crippen molar-refractivity contribution in [1.82, 2.24) is 10.2 Å². The van der Waals surface area contributed by atoms with Gasteiger partial charge < -0.3 is 15.3 Å². The highest BCUT2D eigenvalue weighted by Gasteiger charge is 2.39. The Morgan fingerprint density at radius 3 is 2.55 bits per heavy atom. The first-order valence-corrected chi connectivity index (χ1v) is 8.62. The van der Waals surface area contributed by atoms with Gasteiger partial charge in [-0.3, -0.25) is 4.79 Å². The maximum absolute atomic E-state index is 12.1. The average molecular weight is 304 g/mol. The van der Waals surface area contributed by atoms with Crippen LogP contribution in [0.3, 0.4) is 0 Å². The molecule has 0 aliphatic carbocycles. The van der Waals surface area contributed by atoms with Gasteiger partial charge in [-0.25, -0.2) is 13.2 Å². The van der Waals surface area contributed by atoms with E-state index < -0.39 is 21.7 Å². The van der Waals surface area contributed by atoms with Gasteiger partial charge in [-0.1, -0.05) is 0 Å². The monoisotopic (exact) mass is 304 g/mol. The zero-order valence-electron chi connectivity index (χ0n) is 11.4. The average Bonchev–Trinajstić information content (AvgIpc) is 2.69. The molecule has 0 aromatic heterocycles. The highest BCUT2D eigenvalue weighted by molar-refractivity contribution is 7.91. The van der Waals surface area contributed by atoms with Gasteiger partial charge in [-0.2, -0.15) is 0 Å². The topological polar surface area (TPSA) is 104 Å². The van der Waals surface area contributed by atoms with Crippen molar-refractivity contribution in [3.63, 3.8) is 0 Å². The number of hydrogen-bond acceptors (Lipinski definition) is 4. The summed E-state index contributed by atoms with van der Waals surface area (Å²) in [6, 6.07) is -1.09. The van der Waals surface area contributed by atoms with E-state index in [1.807, 2.05) is 0 Å². The second-order valence-electron chi connectivity index (χ2n) is 5.57. The molecule has 0 radical (unpaired) electrons. The smallest absolute Gasteiger partial charge is 0.317 e. The lowest BCUT2D eigenvalue weighted by atomic mass is 10.0. The summed E-state index contributed by atoms with van der Waals surface area (Å²) in [7, 11) is -3.07. The quantitative estimate of drug-likeness (QED) is 0.751. The third kappa shape index (κ3) is 3.23. The van der Waals surface area contributed by atoms with Crippen molar-refractivity contribution in [1.29, 1.82) is 0 Å². The van der Waals surface area contributed by atoms with E-state index in [-0.39, 0.29) is 29.6 Å². The van der Waals surface area contributed by atoms with Crippen molar-refractivity contribution in [3.8, 4) is 0 Å². The Morgan fingerprint density at radius 1 is 1.30 bits per heavy atom. The van der Waals surface area contributed by atoms with Gasteiger partial charge >= 0.3 is 12.0 Å². The number of hydrogen-bond donors (Lipinski definition) is 2. The Bertz CT molecular complexity index is 504. The molecule has 2 rings (SSSR count). The van der Waals surface area contributed by atoms with E-state index in [2.05, 4.69) is 5.32 Å². The van der Waals surface area contributed by atoms with E-state index in [1.54, 1.807) is 6.92 Å². The number of carboxylic acids is 1. The number of nitrogens with zero attached hydrogens (tertiary/aromatic N) is 1. The molecule has 3 unspecified atom stereocenters. The number of nitrogens with one attached hydrogen (secondary N) is 1. The number of aliphatic carboxylic acids is 1. The van der Waals surface area contributed by atoms with Gasteiger partial charge in [0.15, 0.2) is 9.84 Å². The van der Waals surface area contributed by atoms with Crippen LogP contribution in [-0.4, -0.2) is 60.6 Å². The molecule has 0 spiro atoms. The summed E-state index contributed by atoms with van der Waals surface area (Å²) in [6.07, 6.45) is 1.64. The second-order valence-corrected chi connectivity index (χ2v) is 7.80. The zero-order valence-corrected chi connectivity index (χ0v) is 12.2. The highest BCUT2D eigenvalue weighted by atomic mass is 32.2. The van der Waals surface area contributed by atoms with Crippen molar-refractivity contribution in [3.05, 3.63) is 0 Å². The van der Waals surface area contributed by atoms with E-state index in [0.29, 0.717) is 25.8 Å². The molecule has 2 amide bonds. The lowest BCUT2D eigenvalue weighted by Gasteiger charge is -2.28. The minimum absolute atomic E-state index is 0.0245. The van der Waals surface area contributed by atoms with Crippen LogP contribution in [0.4, 0.5) is 4.79 Å². The molecule has 2 fully saturated rings. The largest absolute Gasteiger partial charge is 0.481 e. The number of rotatable bonds is 2. The number of carbonyl (C=O) groups is 2. The molecule has 2 aliphatic heterocycles. The number of sulfone groups is 1. The summed E-state index contributed by atoms with van der Waals surface area (Å²) in [6.45, 7) is 2.10. The fraction of sp³-hybridized carbons (Fsp3) is 0.833. The van der Waals surface area contributed by atoms with E-state index in [4.69, 9.17) is 5.11 Å². The molecule has 0 bridgehead atoms. The summed E-state index contributed by atoms with van der Waals surface area (Å²) in [4.78, 5) is 24.6. The maximum Gasteiger partial charge on any atom is 0.317 e. The van der Waals surface area contributed by atoms with Crippen molar-refractivity contribution < 1.29 is 23.1 Å². The molecule has 2 heterocycles. The zero-order chi connectivity index (χ0) is 14.9. The number of carbonyl (C=O) groups excluding carboxylic acids is 1. The van der Waals surface area contributed by atoms with E-state index in [1.165, 1.54) is 4.90 Å². The van der Waals surface area contributed by atoms with Crippen molar-refractivity contribution in [2.75, 3.05) is 18.1 Å². The van der Waals surface area contributed by atoms with Crippen molar-refractivity contribution in [2.24, 2.45) is 5.92 Å². The number of carboxylic acid groups (broad SMARTS) is 1. The summed E-state index contributed by atoms with van der Waals surface area (Å²) in [5, 5.41) is 11.8. The van der Waals surface area contributed by atoms with Crippen molar-refractivity contribution >= 4 is 21.8 Å². The van der Waals surface area contributed by atoms with Crippen molar-refractivity contribution in [2.45, 2.75) is 38.3 Å². The molecule has 2 saturated heterocycles. The minimum atomic E-state index is -3.07. The van der Waals surface area contributed by atoms with Gasteiger partial charge in [0, 0.05) is 18.6 Å². The molecule has 0 aromatic carbocycles. The number of urea groups is 1. The van der Waals surface area contributed by atoms with Crippen LogP contribution in [0.25, 0.3) is 0 Å². The van der Waals surface area contributed by atoms with Crippen LogP contribution in [0.15, 0.2) is 0 Å². The fourth-order valence-corrected chi connectivity index (χ4v) is 4.59. The number of likely N-dealkylation sites (tertiary alicyclic amines) is 1. The molecule has 2 aliphatic rings. The SMILES string of the molecule is CC1C(C(=O)O)CCN1C(=O)NC1CCCS(=O)(=O)C1. The van der Waals surface area contributed by atoms with E-state index >= 15 is 0 Å². The Balaban J connectivity index is 1.94. The summed E-state index contributed by atoms with van der Waals surface area (Å²) >= 11 is 0. The first-order chi connectivity index (χ1) is 9.30. The molecule has 0 aromatic rings. The van der Waals surface area contributed by atoms with Gasteiger partial charge in [0.2, 0.25) is 0 Å². The Kier molecular flexibility index (Phi) is 4.22. The van der Waals surface area contributed by atoms with E-state index in [9.17, 15) is 18.0 Å². The molecular weight excluding hydrogens is 284 g/mol. The van der Waals surface area contributed by atoms with Gasteiger partial charge in [0.05, 0.1) is 17.4 Å². The first-order valence-electron chi connectivity index (χ1n) is 6.80. The Hall–Kier alpha value is -1.31. The van der Waals surface area contributed by atoms with Gasteiger partial charge in [0.1, 0.15) is 0 Å². The molecule has 3 atom stereocenters. The van der Waals surface area contributed by atoms with Crippen LogP contribution >= 0.6 is 0 Å². The molecule has 114 valence electrons. The lowest BCUT2D eigenvalue weighted by molar-refractivity contribution is -0.142. The third-order valence-corrected chi connectivity index (χ3v) is 5.94. The van der Waals surface area contributed by atoms with Crippen LogP contribution in [0.2, 0.25) is 0 Å². The Labute approximate surface area is 118 Å². The van der Waals surface area contributed by atoms with E-state index in [0.717, 1.165) is 0 Å². The van der Waals surface area contributed by atoms with Crippen LogP contribution in [0.1, 0.15) is 26.2 Å². The molecule has 20 heavy (non-hydrogen) atoms. The normalized spacial score (nSPS) is 32.9. The molecule has 0 saturated carbocycles. The summed E-state index contributed by atoms with van der Waals surface area (Å²) in [5.74, 6) is -1.28. The van der Waals surface area contributed by atoms with Gasteiger partial charge in [0.25, 0.3) is 0 Å². The van der Waals surface area contributed by atoms with Crippen LogP contribution in [-0.2, 0) is 14.6 Å². The molecule has 2 N–H and O–H groups in total. The lowest BCUT2D eigenvalue weighted by Crippen LogP contribution is -2.50. The standard InChI is InChI=1S/C12H20N2O5S/c1-8-10(11(15)16)4-5-14(8)12(17)13-9-3-2-6-20(18,19)7-9/h8-10H,2-7H2,1H3,(H,13,17)(H,15,16).